The summed E-state index contributed by atoms with van der Waals surface area (Å²) in [6.45, 7) is 0. The second-order valence-electron chi connectivity index (χ2n) is 3.62. The van der Waals surface area contributed by atoms with Crippen LogP contribution in [0.2, 0.25) is 5.02 Å². The molecular formula is C13H13ClN2S. The lowest BCUT2D eigenvalue weighted by molar-refractivity contribution is 0.830. The normalized spacial score (nSPS) is 12.4. The van der Waals surface area contributed by atoms with Crippen LogP contribution in [-0.2, 0) is 0 Å². The molecule has 0 aliphatic rings. The first-order chi connectivity index (χ1) is 8.27. The number of nitrogens with zero attached hydrogens (tertiary/aromatic N) is 1. The highest BCUT2D eigenvalue weighted by Crippen LogP contribution is 2.27. The van der Waals surface area contributed by atoms with E-state index in [2.05, 4.69) is 4.98 Å². The van der Waals surface area contributed by atoms with E-state index < -0.39 is 0 Å². The second kappa shape index (κ2) is 6.05. The van der Waals surface area contributed by atoms with E-state index in [0.29, 0.717) is 5.02 Å². The quantitative estimate of drug-likeness (QED) is 0.859. The smallest absolute Gasteiger partial charge is 0.115 e. The zero-order valence-electron chi connectivity index (χ0n) is 9.21. The highest BCUT2D eigenvalue weighted by atomic mass is 35.5. The average Bonchev–Trinajstić information content (AvgIpc) is 2.38. The fraction of sp³-hybridized carbons (Fsp3) is 0.154. The third-order valence-corrected chi connectivity index (χ3v) is 3.89. The number of thioether (sulfide) groups is 1. The van der Waals surface area contributed by atoms with Crippen LogP contribution in [-0.4, -0.2) is 10.7 Å². The molecule has 0 saturated carbocycles. The SMILES string of the molecule is NC(CSc1ncccc1Cl)c1ccccc1. The van der Waals surface area contributed by atoms with Gasteiger partial charge < -0.3 is 5.73 Å². The molecule has 1 aromatic carbocycles. The molecule has 0 amide bonds. The molecule has 1 aromatic heterocycles. The van der Waals surface area contributed by atoms with Crippen LogP contribution >= 0.6 is 23.4 Å². The fourth-order valence-electron chi connectivity index (χ4n) is 1.44. The van der Waals surface area contributed by atoms with E-state index in [1.807, 2.05) is 42.5 Å². The summed E-state index contributed by atoms with van der Waals surface area (Å²) in [5.74, 6) is 0.765. The molecule has 0 fully saturated rings. The Hall–Kier alpha value is -1.03. The molecule has 1 heterocycles. The van der Waals surface area contributed by atoms with Gasteiger partial charge in [0.2, 0.25) is 0 Å². The number of hydrogen-bond donors (Lipinski definition) is 1. The molecule has 2 N–H and O–H groups in total. The van der Waals surface area contributed by atoms with E-state index in [-0.39, 0.29) is 6.04 Å². The van der Waals surface area contributed by atoms with Gasteiger partial charge in [0, 0.05) is 18.0 Å². The van der Waals surface area contributed by atoms with Crippen molar-refractivity contribution in [3.05, 3.63) is 59.2 Å². The minimum Gasteiger partial charge on any atom is -0.323 e. The molecule has 4 heteroatoms. The van der Waals surface area contributed by atoms with Crippen LogP contribution in [0.3, 0.4) is 0 Å². The van der Waals surface area contributed by atoms with Crippen molar-refractivity contribution in [2.24, 2.45) is 5.73 Å². The van der Waals surface area contributed by atoms with Crippen molar-refractivity contribution < 1.29 is 0 Å². The van der Waals surface area contributed by atoms with Gasteiger partial charge in [-0.1, -0.05) is 41.9 Å². The number of hydrogen-bond acceptors (Lipinski definition) is 3. The molecule has 17 heavy (non-hydrogen) atoms. The van der Waals surface area contributed by atoms with Crippen LogP contribution in [0.1, 0.15) is 11.6 Å². The molecule has 2 aromatic rings. The van der Waals surface area contributed by atoms with Crippen LogP contribution in [0.15, 0.2) is 53.7 Å². The Morgan fingerprint density at radius 3 is 2.65 bits per heavy atom. The van der Waals surface area contributed by atoms with Gasteiger partial charge in [0.1, 0.15) is 5.03 Å². The van der Waals surface area contributed by atoms with Gasteiger partial charge in [-0.05, 0) is 17.7 Å². The molecule has 0 radical (unpaired) electrons. The van der Waals surface area contributed by atoms with Crippen LogP contribution in [0, 0.1) is 0 Å². The summed E-state index contributed by atoms with van der Waals surface area (Å²) in [5.41, 5.74) is 7.23. The van der Waals surface area contributed by atoms with Crippen molar-refractivity contribution in [1.82, 2.24) is 4.98 Å². The summed E-state index contributed by atoms with van der Waals surface area (Å²) in [6, 6.07) is 13.7. The van der Waals surface area contributed by atoms with Crippen LogP contribution in [0.5, 0.6) is 0 Å². The Morgan fingerprint density at radius 1 is 1.18 bits per heavy atom. The molecule has 0 aliphatic carbocycles. The topological polar surface area (TPSA) is 38.9 Å². The lowest BCUT2D eigenvalue weighted by Crippen LogP contribution is -2.12. The highest BCUT2D eigenvalue weighted by Gasteiger charge is 2.08. The Labute approximate surface area is 110 Å². The highest BCUT2D eigenvalue weighted by molar-refractivity contribution is 7.99. The van der Waals surface area contributed by atoms with Crippen molar-refractivity contribution in [3.63, 3.8) is 0 Å². The van der Waals surface area contributed by atoms with Crippen molar-refractivity contribution in [2.75, 3.05) is 5.75 Å². The van der Waals surface area contributed by atoms with E-state index in [1.54, 1.807) is 18.0 Å². The first-order valence-electron chi connectivity index (χ1n) is 5.31. The number of aromatic nitrogens is 1. The number of benzene rings is 1. The van der Waals surface area contributed by atoms with Gasteiger partial charge >= 0.3 is 0 Å². The summed E-state index contributed by atoms with van der Waals surface area (Å²) in [4.78, 5) is 4.22. The molecule has 2 rings (SSSR count). The molecule has 1 unspecified atom stereocenters. The average molecular weight is 265 g/mol. The zero-order chi connectivity index (χ0) is 12.1. The van der Waals surface area contributed by atoms with Crippen LogP contribution in [0.25, 0.3) is 0 Å². The standard InChI is InChI=1S/C13H13ClN2S/c14-11-7-4-8-16-13(11)17-9-12(15)10-5-2-1-3-6-10/h1-8,12H,9,15H2. The summed E-state index contributed by atoms with van der Waals surface area (Å²) < 4.78 is 0. The van der Waals surface area contributed by atoms with Crippen molar-refractivity contribution >= 4 is 23.4 Å². The van der Waals surface area contributed by atoms with E-state index in [1.165, 1.54) is 0 Å². The monoisotopic (exact) mass is 264 g/mol. The third kappa shape index (κ3) is 3.46. The summed E-state index contributed by atoms with van der Waals surface area (Å²) in [5, 5.41) is 1.51. The maximum atomic E-state index is 6.10. The van der Waals surface area contributed by atoms with Crippen molar-refractivity contribution in [3.8, 4) is 0 Å². The van der Waals surface area contributed by atoms with E-state index in [9.17, 15) is 0 Å². The molecule has 1 atom stereocenters. The molecule has 0 saturated heterocycles. The molecule has 0 spiro atoms. The van der Waals surface area contributed by atoms with E-state index >= 15 is 0 Å². The predicted octanol–water partition coefficient (Wildman–Crippen LogP) is 3.53. The number of halogens is 1. The molecular weight excluding hydrogens is 252 g/mol. The minimum atomic E-state index is -0.000673. The maximum Gasteiger partial charge on any atom is 0.115 e. The molecule has 0 aliphatic heterocycles. The molecule has 2 nitrogen and oxygen atoms in total. The lowest BCUT2D eigenvalue weighted by Gasteiger charge is -2.11. The van der Waals surface area contributed by atoms with Crippen molar-refractivity contribution in [2.45, 2.75) is 11.1 Å². The van der Waals surface area contributed by atoms with Gasteiger partial charge in [0.25, 0.3) is 0 Å². The molecule has 0 bridgehead atoms. The van der Waals surface area contributed by atoms with Crippen molar-refractivity contribution in [1.29, 1.82) is 0 Å². The van der Waals surface area contributed by atoms with Gasteiger partial charge in [-0.15, -0.1) is 11.8 Å². The Balaban J connectivity index is 1.97. The second-order valence-corrected chi connectivity index (χ2v) is 5.03. The largest absolute Gasteiger partial charge is 0.323 e. The maximum absolute atomic E-state index is 6.10. The van der Waals surface area contributed by atoms with Gasteiger partial charge in [-0.25, -0.2) is 4.98 Å². The van der Waals surface area contributed by atoms with E-state index in [0.717, 1.165) is 16.3 Å². The molecule has 88 valence electrons. The third-order valence-electron chi connectivity index (χ3n) is 2.35. The number of nitrogens with two attached hydrogens (primary N) is 1. The summed E-state index contributed by atoms with van der Waals surface area (Å²) >= 11 is 7.61. The Kier molecular flexibility index (Phi) is 4.42. The fourth-order valence-corrected chi connectivity index (χ4v) is 2.60. The number of rotatable bonds is 4. The van der Waals surface area contributed by atoms with Gasteiger partial charge in [-0.3, -0.25) is 0 Å². The zero-order valence-corrected chi connectivity index (χ0v) is 10.8. The van der Waals surface area contributed by atoms with Gasteiger partial charge in [-0.2, -0.15) is 0 Å². The van der Waals surface area contributed by atoms with E-state index in [4.69, 9.17) is 17.3 Å². The lowest BCUT2D eigenvalue weighted by atomic mass is 10.1. The van der Waals surface area contributed by atoms with Crippen LogP contribution < -0.4 is 5.73 Å². The Morgan fingerprint density at radius 2 is 1.94 bits per heavy atom. The number of pyridine rings is 1. The van der Waals surface area contributed by atoms with Crippen LogP contribution in [0.4, 0.5) is 0 Å². The predicted molar refractivity (Wildman–Crippen MR) is 73.3 cm³/mol. The summed E-state index contributed by atoms with van der Waals surface area (Å²) in [7, 11) is 0. The minimum absolute atomic E-state index is 0.000673. The summed E-state index contributed by atoms with van der Waals surface area (Å²) in [6.07, 6.45) is 1.74. The van der Waals surface area contributed by atoms with Gasteiger partial charge in [0.05, 0.1) is 5.02 Å². The first-order valence-corrected chi connectivity index (χ1v) is 6.67. The first kappa shape index (κ1) is 12.4. The van der Waals surface area contributed by atoms with Gasteiger partial charge in [0.15, 0.2) is 0 Å². The Bertz CT molecular complexity index is 476.